The number of sulfonamides is 1. The minimum absolute atomic E-state index is 0.00623. The van der Waals surface area contributed by atoms with Crippen LogP contribution in [-0.4, -0.2) is 26.4 Å². The van der Waals surface area contributed by atoms with Gasteiger partial charge >= 0.3 is 0 Å². The van der Waals surface area contributed by atoms with E-state index in [9.17, 15) is 12.8 Å². The van der Waals surface area contributed by atoms with Crippen molar-refractivity contribution >= 4 is 21.6 Å². The van der Waals surface area contributed by atoms with Gasteiger partial charge in [-0.05, 0) is 49.2 Å². The van der Waals surface area contributed by atoms with Crippen LogP contribution in [0.5, 0.6) is 0 Å². The Balaban J connectivity index is 1.67. The standard InChI is InChI=1S/C20H24ClFN2O2S/c21-19-9-6-10-20(22)18(19)15-27(25,26)23-13-16-7-2-3-8-17(16)14-24-11-4-1-5-12-24/h2-3,6-10,23H,1,4-5,11-15H2. The molecule has 0 spiro atoms. The Bertz CT molecular complexity index is 863. The summed E-state index contributed by atoms with van der Waals surface area (Å²) < 4.78 is 41.3. The molecule has 146 valence electrons. The first-order chi connectivity index (χ1) is 12.9. The van der Waals surface area contributed by atoms with E-state index < -0.39 is 21.6 Å². The number of halogens is 2. The molecule has 4 nitrogen and oxygen atoms in total. The second-order valence-corrected chi connectivity index (χ2v) is 9.10. The SMILES string of the molecule is O=S(=O)(Cc1c(F)cccc1Cl)NCc1ccccc1CN1CCCCC1. The van der Waals surface area contributed by atoms with Crippen LogP contribution in [0, 0.1) is 5.82 Å². The molecule has 7 heteroatoms. The average molecular weight is 411 g/mol. The monoisotopic (exact) mass is 410 g/mol. The Morgan fingerprint density at radius 2 is 1.70 bits per heavy atom. The lowest BCUT2D eigenvalue weighted by atomic mass is 10.1. The molecule has 0 unspecified atom stereocenters. The van der Waals surface area contributed by atoms with Crippen LogP contribution in [0.4, 0.5) is 4.39 Å². The molecule has 0 radical (unpaired) electrons. The number of piperidine rings is 1. The summed E-state index contributed by atoms with van der Waals surface area (Å²) in [7, 11) is -3.72. The zero-order valence-electron chi connectivity index (χ0n) is 15.1. The molecule has 1 fully saturated rings. The highest BCUT2D eigenvalue weighted by molar-refractivity contribution is 7.88. The summed E-state index contributed by atoms with van der Waals surface area (Å²) in [5, 5.41) is 0.117. The van der Waals surface area contributed by atoms with Crippen LogP contribution < -0.4 is 4.72 Å². The zero-order chi connectivity index (χ0) is 19.3. The highest BCUT2D eigenvalue weighted by Crippen LogP contribution is 2.21. The normalized spacial score (nSPS) is 15.8. The summed E-state index contributed by atoms with van der Waals surface area (Å²) in [6, 6.07) is 12.0. The molecule has 1 aliphatic heterocycles. The van der Waals surface area contributed by atoms with Gasteiger partial charge in [-0.1, -0.05) is 48.4 Å². The van der Waals surface area contributed by atoms with Crippen LogP contribution >= 0.6 is 11.6 Å². The van der Waals surface area contributed by atoms with E-state index in [0.29, 0.717) is 0 Å². The first kappa shape index (κ1) is 20.3. The lowest BCUT2D eigenvalue weighted by molar-refractivity contribution is 0.220. The van der Waals surface area contributed by atoms with Gasteiger partial charge < -0.3 is 0 Å². The van der Waals surface area contributed by atoms with E-state index in [2.05, 4.69) is 9.62 Å². The van der Waals surface area contributed by atoms with Crippen LogP contribution in [0.15, 0.2) is 42.5 Å². The predicted molar refractivity (Wildman–Crippen MR) is 106 cm³/mol. The third-order valence-electron chi connectivity index (χ3n) is 4.84. The highest BCUT2D eigenvalue weighted by Gasteiger charge is 2.18. The van der Waals surface area contributed by atoms with Gasteiger partial charge in [0.2, 0.25) is 10.0 Å². The maximum atomic E-state index is 13.9. The van der Waals surface area contributed by atoms with Crippen molar-refractivity contribution in [2.75, 3.05) is 13.1 Å². The van der Waals surface area contributed by atoms with Crippen molar-refractivity contribution in [3.05, 3.63) is 70.0 Å². The maximum absolute atomic E-state index is 13.9. The molecule has 2 aromatic carbocycles. The number of benzene rings is 2. The molecule has 0 aromatic heterocycles. The summed E-state index contributed by atoms with van der Waals surface area (Å²) in [6.07, 6.45) is 3.69. The summed E-state index contributed by atoms with van der Waals surface area (Å²) in [5.74, 6) is -1.09. The first-order valence-corrected chi connectivity index (χ1v) is 11.2. The Morgan fingerprint density at radius 1 is 1.00 bits per heavy atom. The quantitative estimate of drug-likeness (QED) is 0.748. The van der Waals surface area contributed by atoms with Gasteiger partial charge in [-0.25, -0.2) is 17.5 Å². The van der Waals surface area contributed by atoms with E-state index in [1.165, 1.54) is 37.5 Å². The molecular weight excluding hydrogens is 387 g/mol. The fourth-order valence-corrected chi connectivity index (χ4v) is 4.80. The average Bonchev–Trinajstić information content (AvgIpc) is 2.65. The predicted octanol–water partition coefficient (Wildman–Crippen LogP) is 4.08. The molecule has 27 heavy (non-hydrogen) atoms. The number of likely N-dealkylation sites (tertiary alicyclic amines) is 1. The van der Waals surface area contributed by atoms with Crippen LogP contribution in [0.2, 0.25) is 5.02 Å². The molecule has 0 atom stereocenters. The van der Waals surface area contributed by atoms with E-state index >= 15 is 0 Å². The van der Waals surface area contributed by atoms with Gasteiger partial charge in [0.15, 0.2) is 0 Å². The third kappa shape index (κ3) is 5.75. The highest BCUT2D eigenvalue weighted by atomic mass is 35.5. The molecule has 0 amide bonds. The smallest absolute Gasteiger partial charge is 0.216 e. The van der Waals surface area contributed by atoms with Gasteiger partial charge in [0.1, 0.15) is 5.82 Å². The van der Waals surface area contributed by atoms with Crippen molar-refractivity contribution in [2.45, 2.75) is 38.1 Å². The summed E-state index contributed by atoms with van der Waals surface area (Å²) in [4.78, 5) is 2.40. The van der Waals surface area contributed by atoms with Gasteiger partial charge in [-0.15, -0.1) is 0 Å². The maximum Gasteiger partial charge on any atom is 0.216 e. The summed E-state index contributed by atoms with van der Waals surface area (Å²) in [5.41, 5.74) is 2.05. The van der Waals surface area contributed by atoms with E-state index in [1.807, 2.05) is 24.3 Å². The molecule has 1 N–H and O–H groups in total. The zero-order valence-corrected chi connectivity index (χ0v) is 16.7. The van der Waals surface area contributed by atoms with Crippen molar-refractivity contribution in [1.82, 2.24) is 9.62 Å². The number of rotatable bonds is 7. The van der Waals surface area contributed by atoms with Crippen molar-refractivity contribution < 1.29 is 12.8 Å². The largest absolute Gasteiger partial charge is 0.299 e. The van der Waals surface area contributed by atoms with Crippen molar-refractivity contribution in [1.29, 1.82) is 0 Å². The molecule has 2 aromatic rings. The van der Waals surface area contributed by atoms with Gasteiger partial charge in [0, 0.05) is 23.7 Å². The molecule has 1 heterocycles. The van der Waals surface area contributed by atoms with Crippen molar-refractivity contribution in [3.8, 4) is 0 Å². The minimum Gasteiger partial charge on any atom is -0.299 e. The molecule has 0 bridgehead atoms. The lowest BCUT2D eigenvalue weighted by Gasteiger charge is -2.27. The van der Waals surface area contributed by atoms with Gasteiger partial charge in [-0.3, -0.25) is 4.90 Å². The van der Waals surface area contributed by atoms with E-state index in [-0.39, 0.29) is 17.1 Å². The second-order valence-electron chi connectivity index (χ2n) is 6.89. The Kier molecular flexibility index (Phi) is 6.87. The minimum atomic E-state index is -3.72. The molecule has 0 saturated carbocycles. The van der Waals surface area contributed by atoms with Crippen LogP contribution in [0.25, 0.3) is 0 Å². The van der Waals surface area contributed by atoms with Crippen LogP contribution in [0.3, 0.4) is 0 Å². The number of nitrogens with one attached hydrogen (secondary N) is 1. The topological polar surface area (TPSA) is 49.4 Å². The number of hydrogen-bond acceptors (Lipinski definition) is 3. The molecule has 0 aliphatic carbocycles. The van der Waals surface area contributed by atoms with Crippen molar-refractivity contribution in [3.63, 3.8) is 0 Å². The van der Waals surface area contributed by atoms with E-state index in [1.54, 1.807) is 0 Å². The van der Waals surface area contributed by atoms with E-state index in [0.717, 1.165) is 30.8 Å². The Morgan fingerprint density at radius 3 is 2.41 bits per heavy atom. The fourth-order valence-electron chi connectivity index (χ4n) is 3.34. The third-order valence-corrected chi connectivity index (χ3v) is 6.45. The Labute approximate surface area is 165 Å². The fraction of sp³-hybridized carbons (Fsp3) is 0.400. The molecule has 1 saturated heterocycles. The van der Waals surface area contributed by atoms with Gasteiger partial charge in [0.05, 0.1) is 5.75 Å². The summed E-state index contributed by atoms with van der Waals surface area (Å²) in [6.45, 7) is 3.15. The first-order valence-electron chi connectivity index (χ1n) is 9.14. The molecule has 3 rings (SSSR count). The molecule has 1 aliphatic rings. The molecular formula is C20H24ClFN2O2S. The van der Waals surface area contributed by atoms with Crippen molar-refractivity contribution in [2.24, 2.45) is 0 Å². The van der Waals surface area contributed by atoms with Crippen LogP contribution in [0.1, 0.15) is 36.0 Å². The van der Waals surface area contributed by atoms with Gasteiger partial charge in [-0.2, -0.15) is 0 Å². The number of hydrogen-bond donors (Lipinski definition) is 1. The number of nitrogens with zero attached hydrogens (tertiary/aromatic N) is 1. The van der Waals surface area contributed by atoms with E-state index in [4.69, 9.17) is 11.6 Å². The summed E-state index contributed by atoms with van der Waals surface area (Å²) >= 11 is 5.95. The second kappa shape index (κ2) is 9.15. The van der Waals surface area contributed by atoms with Crippen LogP contribution in [-0.2, 0) is 28.9 Å². The lowest BCUT2D eigenvalue weighted by Crippen LogP contribution is -2.30. The van der Waals surface area contributed by atoms with Gasteiger partial charge in [0.25, 0.3) is 0 Å². The Hall–Kier alpha value is -1.47.